The maximum absolute atomic E-state index is 12.5. The average Bonchev–Trinajstić information content (AvgIpc) is 2.78. The van der Waals surface area contributed by atoms with Crippen LogP contribution in [0.2, 0.25) is 0 Å². The Hall–Kier alpha value is -2.73. The molecule has 0 aliphatic carbocycles. The van der Waals surface area contributed by atoms with E-state index in [4.69, 9.17) is 4.98 Å². The molecule has 5 heteroatoms. The van der Waals surface area contributed by atoms with Crippen LogP contribution in [0.5, 0.6) is 0 Å². The minimum absolute atomic E-state index is 0.0176. The Labute approximate surface area is 193 Å². The maximum atomic E-state index is 12.5. The van der Waals surface area contributed by atoms with Crippen LogP contribution in [0.1, 0.15) is 45.0 Å². The van der Waals surface area contributed by atoms with Gasteiger partial charge in [0.2, 0.25) is 0 Å². The Morgan fingerprint density at radius 3 is 2.28 bits per heavy atom. The van der Waals surface area contributed by atoms with Gasteiger partial charge >= 0.3 is 0 Å². The quantitative estimate of drug-likeness (QED) is 0.363. The summed E-state index contributed by atoms with van der Waals surface area (Å²) in [5, 5.41) is 1.06. The molecule has 0 spiro atoms. The number of aromatic nitrogens is 2. The highest BCUT2D eigenvalue weighted by Gasteiger charge is 2.28. The second-order valence-electron chi connectivity index (χ2n) is 9.06. The van der Waals surface area contributed by atoms with Gasteiger partial charge in [-0.05, 0) is 57.9 Å². The summed E-state index contributed by atoms with van der Waals surface area (Å²) in [5.74, 6) is 0. The highest BCUT2D eigenvalue weighted by atomic mass is 32.2. The first-order chi connectivity index (χ1) is 15.2. The fourth-order valence-corrected chi connectivity index (χ4v) is 4.44. The predicted octanol–water partition coefficient (Wildman–Crippen LogP) is 6.39. The first-order valence-electron chi connectivity index (χ1n) is 10.8. The van der Waals surface area contributed by atoms with Crippen LogP contribution in [-0.2, 0) is 11.4 Å². The van der Waals surface area contributed by atoms with Gasteiger partial charge in [-0.1, -0.05) is 54.6 Å². The zero-order chi connectivity index (χ0) is 22.9. The number of nitrogens with zero attached hydrogens (tertiary/aromatic N) is 2. The van der Waals surface area contributed by atoms with Gasteiger partial charge in [-0.2, -0.15) is 0 Å². The summed E-state index contributed by atoms with van der Waals surface area (Å²) in [6.45, 7) is 9.97. The van der Waals surface area contributed by atoms with Gasteiger partial charge in [0.25, 0.3) is 0 Å². The molecule has 1 N–H and O–H groups in total. The summed E-state index contributed by atoms with van der Waals surface area (Å²) >= 11 is -1.12. The van der Waals surface area contributed by atoms with Crippen LogP contribution < -0.4 is 4.72 Å². The molecule has 4 nitrogen and oxygen atoms in total. The van der Waals surface area contributed by atoms with E-state index in [0.29, 0.717) is 0 Å². The molecule has 4 aromatic rings. The number of aryl methyl sites for hydroxylation is 1. The molecule has 0 amide bonds. The number of pyridine rings is 2. The minimum atomic E-state index is -1.12. The summed E-state index contributed by atoms with van der Waals surface area (Å²) in [6.07, 6.45) is 1.81. The van der Waals surface area contributed by atoms with Crippen molar-refractivity contribution in [3.63, 3.8) is 0 Å². The average molecular weight is 444 g/mol. The van der Waals surface area contributed by atoms with Crippen molar-refractivity contribution in [2.75, 3.05) is 0 Å². The fourth-order valence-electron chi connectivity index (χ4n) is 3.63. The molecule has 0 aliphatic heterocycles. The fraction of sp³-hybridized carbons (Fsp3) is 0.259. The van der Waals surface area contributed by atoms with Crippen LogP contribution in [0.25, 0.3) is 33.3 Å². The Morgan fingerprint density at radius 1 is 0.938 bits per heavy atom. The van der Waals surface area contributed by atoms with Gasteiger partial charge in [-0.25, -0.2) is 4.98 Å². The van der Waals surface area contributed by atoms with Crippen LogP contribution in [0.3, 0.4) is 0 Å². The monoisotopic (exact) mass is 443 g/mol. The summed E-state index contributed by atoms with van der Waals surface area (Å²) in [7, 11) is 0. The Bertz CT molecular complexity index is 1220. The van der Waals surface area contributed by atoms with E-state index in [-0.39, 0.29) is 10.8 Å². The van der Waals surface area contributed by atoms with Crippen LogP contribution in [0, 0.1) is 6.92 Å². The van der Waals surface area contributed by atoms with E-state index in [1.54, 1.807) is 0 Å². The van der Waals surface area contributed by atoms with E-state index in [1.165, 1.54) is 0 Å². The molecule has 2 unspecified atom stereocenters. The highest BCUT2D eigenvalue weighted by Crippen LogP contribution is 2.34. The SMILES string of the molecule is Cc1nccc2nc(-c3ccc(C(C)N[S+]([O-])C(C)(C)C)cc3)c(-c3ccccc3)cc12. The third-order valence-corrected chi connectivity index (χ3v) is 7.23. The molecule has 2 aromatic carbocycles. The van der Waals surface area contributed by atoms with E-state index in [9.17, 15) is 4.55 Å². The van der Waals surface area contributed by atoms with E-state index >= 15 is 0 Å². The van der Waals surface area contributed by atoms with Crippen LogP contribution >= 0.6 is 0 Å². The molecular weight excluding hydrogens is 414 g/mol. The third-order valence-electron chi connectivity index (χ3n) is 5.55. The largest absolute Gasteiger partial charge is 0.598 e. The lowest BCUT2D eigenvalue weighted by molar-refractivity contribution is 0.531. The van der Waals surface area contributed by atoms with Crippen molar-refractivity contribution in [1.29, 1.82) is 0 Å². The van der Waals surface area contributed by atoms with Gasteiger partial charge in [0, 0.05) is 39.8 Å². The van der Waals surface area contributed by atoms with E-state index < -0.39 is 11.4 Å². The van der Waals surface area contributed by atoms with Gasteiger partial charge in [0.15, 0.2) is 0 Å². The second kappa shape index (κ2) is 9.02. The van der Waals surface area contributed by atoms with E-state index in [2.05, 4.69) is 52.2 Å². The van der Waals surface area contributed by atoms with Crippen molar-refractivity contribution in [1.82, 2.24) is 14.7 Å². The summed E-state index contributed by atoms with van der Waals surface area (Å²) < 4.78 is 15.4. The Kier molecular flexibility index (Phi) is 6.33. The van der Waals surface area contributed by atoms with E-state index in [1.807, 2.05) is 65.1 Å². The first kappa shape index (κ1) is 22.5. The molecule has 32 heavy (non-hydrogen) atoms. The molecule has 0 fully saturated rings. The molecule has 4 rings (SSSR count). The van der Waals surface area contributed by atoms with Gasteiger partial charge < -0.3 is 4.55 Å². The van der Waals surface area contributed by atoms with Crippen molar-refractivity contribution in [3.05, 3.63) is 84.2 Å². The van der Waals surface area contributed by atoms with Gasteiger partial charge in [0.05, 0.1) is 17.3 Å². The summed E-state index contributed by atoms with van der Waals surface area (Å²) in [6, 6.07) is 22.9. The molecular formula is C27H29N3OS. The lowest BCUT2D eigenvalue weighted by atomic mass is 9.96. The smallest absolute Gasteiger partial charge is 0.136 e. The number of rotatable bonds is 5. The number of nitrogens with one attached hydrogen (secondary N) is 1. The molecule has 0 saturated heterocycles. The lowest BCUT2D eigenvalue weighted by Crippen LogP contribution is -2.40. The number of benzene rings is 2. The molecule has 2 aromatic heterocycles. The summed E-state index contributed by atoms with van der Waals surface area (Å²) in [4.78, 5) is 9.48. The molecule has 2 heterocycles. The molecule has 2 atom stereocenters. The number of hydrogen-bond donors (Lipinski definition) is 1. The zero-order valence-corrected chi connectivity index (χ0v) is 20.0. The minimum Gasteiger partial charge on any atom is -0.598 e. The van der Waals surface area contributed by atoms with Gasteiger partial charge in [0.1, 0.15) is 4.75 Å². The second-order valence-corrected chi connectivity index (χ2v) is 11.1. The Balaban J connectivity index is 1.74. The van der Waals surface area contributed by atoms with Crippen molar-refractivity contribution < 1.29 is 4.55 Å². The normalized spacial score (nSPS) is 13.8. The van der Waals surface area contributed by atoms with Crippen LogP contribution in [-0.4, -0.2) is 19.3 Å². The molecule has 164 valence electrons. The van der Waals surface area contributed by atoms with Crippen LogP contribution in [0.4, 0.5) is 0 Å². The van der Waals surface area contributed by atoms with Crippen molar-refractivity contribution in [2.24, 2.45) is 0 Å². The number of fused-ring (bicyclic) bond motifs is 1. The molecule has 0 saturated carbocycles. The van der Waals surface area contributed by atoms with Gasteiger partial charge in [-0.15, -0.1) is 4.72 Å². The Morgan fingerprint density at radius 2 is 1.62 bits per heavy atom. The van der Waals surface area contributed by atoms with E-state index in [0.717, 1.165) is 44.5 Å². The number of hydrogen-bond acceptors (Lipinski definition) is 4. The molecule has 0 radical (unpaired) electrons. The topological polar surface area (TPSA) is 60.9 Å². The predicted molar refractivity (Wildman–Crippen MR) is 135 cm³/mol. The van der Waals surface area contributed by atoms with Crippen molar-refractivity contribution in [3.8, 4) is 22.4 Å². The molecule has 0 bridgehead atoms. The zero-order valence-electron chi connectivity index (χ0n) is 19.2. The van der Waals surface area contributed by atoms with Crippen molar-refractivity contribution >= 4 is 22.3 Å². The standard InChI is InChI=1S/C27H29N3OS/c1-18(30-32(31)27(3,4)5)20-11-13-22(14-12-20)26-24(21-9-7-6-8-10-21)17-23-19(2)28-16-15-25(23)29-26/h6-18,30H,1-5H3. The lowest BCUT2D eigenvalue weighted by Gasteiger charge is -2.26. The highest BCUT2D eigenvalue weighted by molar-refractivity contribution is 7.90. The van der Waals surface area contributed by atoms with Crippen molar-refractivity contribution in [2.45, 2.75) is 45.4 Å². The molecule has 0 aliphatic rings. The first-order valence-corrected chi connectivity index (χ1v) is 12.0. The van der Waals surface area contributed by atoms with Crippen LogP contribution in [0.15, 0.2) is 72.9 Å². The third kappa shape index (κ3) is 4.70. The maximum Gasteiger partial charge on any atom is 0.136 e. The van der Waals surface area contributed by atoms with Gasteiger partial charge in [-0.3, -0.25) is 4.98 Å². The summed E-state index contributed by atoms with van der Waals surface area (Å²) in [5.41, 5.74) is 7.20.